The monoisotopic (exact) mass is 460 g/mol. The summed E-state index contributed by atoms with van der Waals surface area (Å²) in [5, 5.41) is 12.5. The minimum atomic E-state index is -0.632. The number of nitrogens with zero attached hydrogens (tertiary/aromatic N) is 1. The lowest BCUT2D eigenvalue weighted by Crippen LogP contribution is -2.14. The SMILES string of the molecule is COc1cc(/C=C(\C#N)C(=O)Nc2ccc(C)cc2C)ccc1OC(=O)c1ccccc1Cl. The van der Waals surface area contributed by atoms with Crippen LogP contribution in [-0.2, 0) is 4.79 Å². The third-order valence-corrected chi connectivity index (χ3v) is 5.12. The standard InChI is InChI=1S/C26H21ClN2O4/c1-16-8-10-22(17(2)12-16)29-25(30)19(15-28)13-18-9-11-23(24(14-18)32-3)33-26(31)20-6-4-5-7-21(20)27/h4-14H,1-3H3,(H,29,30)/b19-13+. The maximum Gasteiger partial charge on any atom is 0.345 e. The number of ether oxygens (including phenoxy) is 2. The summed E-state index contributed by atoms with van der Waals surface area (Å²) in [6.07, 6.45) is 1.43. The average Bonchev–Trinajstić information content (AvgIpc) is 2.80. The topological polar surface area (TPSA) is 88.4 Å². The number of aryl methyl sites for hydroxylation is 2. The van der Waals surface area contributed by atoms with Crippen molar-refractivity contribution in [2.24, 2.45) is 0 Å². The van der Waals surface area contributed by atoms with Gasteiger partial charge in [0.15, 0.2) is 11.5 Å². The van der Waals surface area contributed by atoms with Crippen molar-refractivity contribution < 1.29 is 19.1 Å². The minimum Gasteiger partial charge on any atom is -0.493 e. The van der Waals surface area contributed by atoms with E-state index in [0.717, 1.165) is 11.1 Å². The van der Waals surface area contributed by atoms with Gasteiger partial charge in [-0.05, 0) is 61.4 Å². The molecule has 0 unspecified atom stereocenters. The van der Waals surface area contributed by atoms with Crippen LogP contribution in [0, 0.1) is 25.2 Å². The second kappa shape index (κ2) is 10.5. The first-order chi connectivity index (χ1) is 15.8. The number of hydrogen-bond acceptors (Lipinski definition) is 5. The van der Waals surface area contributed by atoms with Crippen LogP contribution in [0.25, 0.3) is 6.08 Å². The predicted molar refractivity (Wildman–Crippen MR) is 128 cm³/mol. The Morgan fingerprint density at radius 2 is 1.79 bits per heavy atom. The van der Waals surface area contributed by atoms with Crippen molar-refractivity contribution in [3.8, 4) is 17.6 Å². The Morgan fingerprint density at radius 1 is 1.03 bits per heavy atom. The molecule has 166 valence electrons. The molecule has 0 aliphatic carbocycles. The Hall–Kier alpha value is -4.08. The third kappa shape index (κ3) is 5.79. The first-order valence-electron chi connectivity index (χ1n) is 9.97. The number of anilines is 1. The Morgan fingerprint density at radius 3 is 2.45 bits per heavy atom. The number of carbonyl (C=O) groups is 2. The number of nitriles is 1. The number of benzene rings is 3. The molecule has 0 aromatic heterocycles. The molecule has 0 aliphatic heterocycles. The van der Waals surface area contributed by atoms with Gasteiger partial charge in [-0.3, -0.25) is 4.79 Å². The summed E-state index contributed by atoms with van der Waals surface area (Å²) in [6.45, 7) is 3.84. The number of carbonyl (C=O) groups excluding carboxylic acids is 2. The first kappa shape index (κ1) is 23.6. The van der Waals surface area contributed by atoms with Gasteiger partial charge in [0.2, 0.25) is 0 Å². The van der Waals surface area contributed by atoms with Crippen molar-refractivity contribution in [3.05, 3.63) is 93.5 Å². The molecule has 0 saturated heterocycles. The maximum atomic E-state index is 12.6. The fraction of sp³-hybridized carbons (Fsp3) is 0.115. The van der Waals surface area contributed by atoms with Crippen LogP contribution >= 0.6 is 11.6 Å². The van der Waals surface area contributed by atoms with Gasteiger partial charge in [-0.2, -0.15) is 5.26 Å². The first-order valence-corrected chi connectivity index (χ1v) is 10.4. The van der Waals surface area contributed by atoms with Crippen molar-refractivity contribution in [2.45, 2.75) is 13.8 Å². The van der Waals surface area contributed by atoms with E-state index in [-0.39, 0.29) is 27.7 Å². The highest BCUT2D eigenvalue weighted by Crippen LogP contribution is 2.30. The molecule has 0 fully saturated rings. The number of methoxy groups -OCH3 is 1. The lowest BCUT2D eigenvalue weighted by Gasteiger charge is -2.11. The number of rotatable bonds is 6. The van der Waals surface area contributed by atoms with Crippen LogP contribution in [0.15, 0.2) is 66.2 Å². The summed E-state index contributed by atoms with van der Waals surface area (Å²) in [5.74, 6) is -0.723. The molecule has 0 atom stereocenters. The number of hydrogen-bond donors (Lipinski definition) is 1. The number of halogens is 1. The van der Waals surface area contributed by atoms with Gasteiger partial charge < -0.3 is 14.8 Å². The van der Waals surface area contributed by atoms with Gasteiger partial charge in [0.05, 0.1) is 17.7 Å². The molecule has 1 amide bonds. The molecular formula is C26H21ClN2O4. The molecule has 0 bridgehead atoms. The van der Waals surface area contributed by atoms with Gasteiger partial charge in [-0.1, -0.05) is 47.5 Å². The smallest absolute Gasteiger partial charge is 0.345 e. The van der Waals surface area contributed by atoms with Gasteiger partial charge in [-0.15, -0.1) is 0 Å². The Labute approximate surface area is 197 Å². The van der Waals surface area contributed by atoms with E-state index < -0.39 is 11.9 Å². The van der Waals surface area contributed by atoms with E-state index in [0.29, 0.717) is 11.3 Å². The molecule has 0 spiro atoms. The summed E-state index contributed by atoms with van der Waals surface area (Å²) in [4.78, 5) is 25.1. The summed E-state index contributed by atoms with van der Waals surface area (Å²) in [6, 6.07) is 18.8. The van der Waals surface area contributed by atoms with Crippen LogP contribution in [0.4, 0.5) is 5.69 Å². The van der Waals surface area contributed by atoms with Crippen LogP contribution in [0.3, 0.4) is 0 Å². The number of esters is 1. The number of nitrogens with one attached hydrogen (secondary N) is 1. The zero-order chi connectivity index (χ0) is 24.0. The van der Waals surface area contributed by atoms with Gasteiger partial charge in [0, 0.05) is 5.69 Å². The van der Waals surface area contributed by atoms with E-state index in [2.05, 4.69) is 5.32 Å². The van der Waals surface area contributed by atoms with E-state index in [9.17, 15) is 14.9 Å². The molecule has 3 aromatic rings. The highest BCUT2D eigenvalue weighted by atomic mass is 35.5. The largest absolute Gasteiger partial charge is 0.493 e. The van der Waals surface area contributed by atoms with E-state index in [1.165, 1.54) is 19.3 Å². The molecule has 0 radical (unpaired) electrons. The van der Waals surface area contributed by atoms with E-state index in [1.807, 2.05) is 32.0 Å². The minimum absolute atomic E-state index is 0.0853. The van der Waals surface area contributed by atoms with Crippen molar-refractivity contribution >= 4 is 35.2 Å². The zero-order valence-corrected chi connectivity index (χ0v) is 19.1. The van der Waals surface area contributed by atoms with Gasteiger partial charge >= 0.3 is 5.97 Å². The van der Waals surface area contributed by atoms with Crippen LogP contribution in [0.5, 0.6) is 11.5 Å². The van der Waals surface area contributed by atoms with E-state index in [1.54, 1.807) is 42.5 Å². The number of amides is 1. The Balaban J connectivity index is 1.82. The van der Waals surface area contributed by atoms with Crippen LogP contribution < -0.4 is 14.8 Å². The second-order valence-corrected chi connectivity index (χ2v) is 7.63. The lowest BCUT2D eigenvalue weighted by atomic mass is 10.1. The summed E-state index contributed by atoms with van der Waals surface area (Å²) in [5.41, 5.74) is 3.26. The van der Waals surface area contributed by atoms with Crippen molar-refractivity contribution in [1.29, 1.82) is 5.26 Å². The van der Waals surface area contributed by atoms with Gasteiger partial charge in [-0.25, -0.2) is 4.79 Å². The summed E-state index contributed by atoms with van der Waals surface area (Å²) in [7, 11) is 1.42. The zero-order valence-electron chi connectivity index (χ0n) is 18.3. The molecule has 3 rings (SSSR count). The predicted octanol–water partition coefficient (Wildman–Crippen LogP) is 5.73. The fourth-order valence-corrected chi connectivity index (χ4v) is 3.31. The molecule has 0 saturated carbocycles. The van der Waals surface area contributed by atoms with Crippen LogP contribution in [0.1, 0.15) is 27.0 Å². The molecule has 1 N–H and O–H groups in total. The summed E-state index contributed by atoms with van der Waals surface area (Å²) >= 11 is 6.05. The van der Waals surface area contributed by atoms with Crippen molar-refractivity contribution in [3.63, 3.8) is 0 Å². The Bertz CT molecular complexity index is 1290. The van der Waals surface area contributed by atoms with Gasteiger partial charge in [0.1, 0.15) is 11.6 Å². The average molecular weight is 461 g/mol. The highest BCUT2D eigenvalue weighted by molar-refractivity contribution is 6.33. The molecule has 0 heterocycles. The van der Waals surface area contributed by atoms with Crippen LogP contribution in [0.2, 0.25) is 5.02 Å². The fourth-order valence-electron chi connectivity index (χ4n) is 3.10. The maximum absolute atomic E-state index is 12.6. The lowest BCUT2D eigenvalue weighted by molar-refractivity contribution is -0.112. The van der Waals surface area contributed by atoms with E-state index in [4.69, 9.17) is 21.1 Å². The second-order valence-electron chi connectivity index (χ2n) is 7.22. The summed E-state index contributed by atoms with van der Waals surface area (Å²) < 4.78 is 10.8. The molecular weight excluding hydrogens is 440 g/mol. The molecule has 3 aromatic carbocycles. The Kier molecular flexibility index (Phi) is 7.50. The quantitative estimate of drug-likeness (QED) is 0.219. The van der Waals surface area contributed by atoms with Gasteiger partial charge in [0.25, 0.3) is 5.91 Å². The normalized spacial score (nSPS) is 10.8. The molecule has 7 heteroatoms. The molecule has 33 heavy (non-hydrogen) atoms. The molecule has 6 nitrogen and oxygen atoms in total. The highest BCUT2D eigenvalue weighted by Gasteiger charge is 2.16. The van der Waals surface area contributed by atoms with Crippen molar-refractivity contribution in [2.75, 3.05) is 12.4 Å². The molecule has 0 aliphatic rings. The van der Waals surface area contributed by atoms with E-state index >= 15 is 0 Å². The third-order valence-electron chi connectivity index (χ3n) is 4.79. The van der Waals surface area contributed by atoms with Crippen LogP contribution in [-0.4, -0.2) is 19.0 Å². The van der Waals surface area contributed by atoms with Crippen molar-refractivity contribution in [1.82, 2.24) is 0 Å².